The van der Waals surface area contributed by atoms with Crippen LogP contribution in [0.1, 0.15) is 49.9 Å². The van der Waals surface area contributed by atoms with Crippen molar-refractivity contribution in [1.82, 2.24) is 0 Å². The Hall–Kier alpha value is -6.96. The van der Waals surface area contributed by atoms with Gasteiger partial charge in [-0.2, -0.15) is 0 Å². The van der Waals surface area contributed by atoms with Gasteiger partial charge in [-0.1, -0.05) is 185 Å². The second-order valence-corrected chi connectivity index (χ2v) is 17.3. The van der Waals surface area contributed by atoms with Crippen molar-refractivity contribution in [2.75, 3.05) is 4.90 Å². The van der Waals surface area contributed by atoms with Crippen molar-refractivity contribution in [3.63, 3.8) is 0 Å². The minimum Gasteiger partial charge on any atom is -0.310 e. The van der Waals surface area contributed by atoms with Gasteiger partial charge in [-0.15, -0.1) is 0 Å². The zero-order valence-corrected chi connectivity index (χ0v) is 34.0. The fourth-order valence-corrected chi connectivity index (χ4v) is 10.2. The molecule has 9 aromatic rings. The summed E-state index contributed by atoms with van der Waals surface area (Å²) < 4.78 is 0. The van der Waals surface area contributed by atoms with E-state index in [9.17, 15) is 0 Å². The van der Waals surface area contributed by atoms with E-state index in [0.717, 1.165) is 11.4 Å². The maximum atomic E-state index is 2.49. The Bertz CT molecular complexity index is 2980. The van der Waals surface area contributed by atoms with Gasteiger partial charge in [-0.25, -0.2) is 0 Å². The largest absolute Gasteiger partial charge is 0.310 e. The van der Waals surface area contributed by atoms with Crippen molar-refractivity contribution in [2.24, 2.45) is 0 Å². The molecule has 0 unspecified atom stereocenters. The van der Waals surface area contributed by atoms with Crippen LogP contribution in [-0.4, -0.2) is 0 Å². The Balaban J connectivity index is 1.12. The van der Waals surface area contributed by atoms with Crippen molar-refractivity contribution >= 4 is 27.8 Å². The third kappa shape index (κ3) is 5.53. The highest BCUT2D eigenvalue weighted by Gasteiger charge is 2.40. The Morgan fingerprint density at radius 2 is 0.831 bits per heavy atom. The van der Waals surface area contributed by atoms with E-state index in [1.54, 1.807) is 0 Å². The van der Waals surface area contributed by atoms with Crippen molar-refractivity contribution in [2.45, 2.75) is 38.5 Å². The molecule has 9 aromatic carbocycles. The Morgan fingerprint density at radius 1 is 0.339 bits per heavy atom. The van der Waals surface area contributed by atoms with Crippen LogP contribution in [0, 0.1) is 0 Å². The number of hydrogen-bond acceptors (Lipinski definition) is 1. The fourth-order valence-electron chi connectivity index (χ4n) is 10.2. The number of benzene rings is 9. The van der Waals surface area contributed by atoms with E-state index < -0.39 is 0 Å². The van der Waals surface area contributed by atoms with Crippen LogP contribution in [-0.2, 0) is 10.8 Å². The van der Waals surface area contributed by atoms with Gasteiger partial charge in [-0.05, 0) is 126 Å². The van der Waals surface area contributed by atoms with Crippen molar-refractivity contribution < 1.29 is 0 Å². The highest BCUT2D eigenvalue weighted by molar-refractivity contribution is 6.06. The van der Waals surface area contributed by atoms with E-state index >= 15 is 0 Å². The standard InChI is InChI=1S/C58H45N/c1-57(2)51-22-14-13-21-48(51)49-33-27-43(36-53(49)57)42-28-34-52-50(35-42)55-54(37-44-19-11-12-20-47(44)56(55)58(52,3)4)59(45-29-23-40(24-30-45)38-15-7-5-8-16-38)46-31-25-41(26-32-46)39-17-9-6-10-18-39/h5-37H,1-4H3. The summed E-state index contributed by atoms with van der Waals surface area (Å²) in [5, 5.41) is 2.56. The van der Waals surface area contributed by atoms with E-state index in [-0.39, 0.29) is 10.8 Å². The molecule has 0 saturated carbocycles. The Labute approximate surface area is 347 Å². The first-order valence-electron chi connectivity index (χ1n) is 20.8. The molecule has 0 aliphatic heterocycles. The van der Waals surface area contributed by atoms with Gasteiger partial charge in [0.1, 0.15) is 0 Å². The molecule has 0 saturated heterocycles. The predicted octanol–water partition coefficient (Wildman–Crippen LogP) is 15.9. The van der Waals surface area contributed by atoms with Gasteiger partial charge in [0.2, 0.25) is 0 Å². The second-order valence-electron chi connectivity index (χ2n) is 17.3. The molecule has 0 amide bonds. The lowest BCUT2D eigenvalue weighted by molar-refractivity contribution is 0.660. The van der Waals surface area contributed by atoms with E-state index in [1.807, 2.05) is 0 Å². The molecule has 1 heteroatoms. The summed E-state index contributed by atoms with van der Waals surface area (Å²) in [6.45, 7) is 9.56. The van der Waals surface area contributed by atoms with Crippen LogP contribution in [0.15, 0.2) is 200 Å². The minimum atomic E-state index is -0.222. The molecule has 11 rings (SSSR count). The van der Waals surface area contributed by atoms with Gasteiger partial charge < -0.3 is 4.90 Å². The van der Waals surface area contributed by atoms with Gasteiger partial charge in [0.15, 0.2) is 0 Å². The lowest BCUT2D eigenvalue weighted by Crippen LogP contribution is -2.17. The summed E-state index contributed by atoms with van der Waals surface area (Å²) in [7, 11) is 0. The third-order valence-electron chi connectivity index (χ3n) is 13.2. The first kappa shape index (κ1) is 35.2. The van der Waals surface area contributed by atoms with Crippen LogP contribution < -0.4 is 4.90 Å². The van der Waals surface area contributed by atoms with E-state index in [4.69, 9.17) is 0 Å². The molecule has 0 radical (unpaired) electrons. The molecule has 2 aliphatic rings. The topological polar surface area (TPSA) is 3.24 Å². The van der Waals surface area contributed by atoms with Crippen LogP contribution in [0.25, 0.3) is 66.4 Å². The molecule has 0 aromatic heterocycles. The molecule has 0 bridgehead atoms. The lowest BCUT2D eigenvalue weighted by atomic mass is 9.79. The first-order chi connectivity index (χ1) is 28.8. The van der Waals surface area contributed by atoms with Gasteiger partial charge in [0.05, 0.1) is 5.69 Å². The number of anilines is 3. The molecule has 0 N–H and O–H groups in total. The second kappa shape index (κ2) is 13.3. The van der Waals surface area contributed by atoms with Gasteiger partial charge in [0.25, 0.3) is 0 Å². The van der Waals surface area contributed by atoms with Crippen LogP contribution in [0.2, 0.25) is 0 Å². The summed E-state index contributed by atoms with van der Waals surface area (Å²) in [6.07, 6.45) is 0. The van der Waals surface area contributed by atoms with Crippen LogP contribution in [0.5, 0.6) is 0 Å². The van der Waals surface area contributed by atoms with Gasteiger partial charge in [0, 0.05) is 27.8 Å². The molecule has 59 heavy (non-hydrogen) atoms. The summed E-state index contributed by atoms with van der Waals surface area (Å²) >= 11 is 0. The van der Waals surface area contributed by atoms with Crippen molar-refractivity contribution in [1.29, 1.82) is 0 Å². The van der Waals surface area contributed by atoms with E-state index in [0.29, 0.717) is 0 Å². The predicted molar refractivity (Wildman–Crippen MR) is 250 cm³/mol. The maximum absolute atomic E-state index is 2.49. The Kier molecular flexibility index (Phi) is 7.94. The third-order valence-corrected chi connectivity index (χ3v) is 13.2. The zero-order chi connectivity index (χ0) is 39.9. The van der Waals surface area contributed by atoms with E-state index in [1.165, 1.54) is 94.3 Å². The first-order valence-corrected chi connectivity index (χ1v) is 20.8. The molecular formula is C58H45N. The maximum Gasteiger partial charge on any atom is 0.0549 e. The molecule has 282 valence electrons. The quantitative estimate of drug-likeness (QED) is 0.163. The highest BCUT2D eigenvalue weighted by atomic mass is 15.1. The molecule has 2 aliphatic carbocycles. The summed E-state index contributed by atoms with van der Waals surface area (Å²) in [6, 6.07) is 74.2. The lowest BCUT2D eigenvalue weighted by Gasteiger charge is -2.30. The van der Waals surface area contributed by atoms with Crippen molar-refractivity contribution in [3.05, 3.63) is 222 Å². The molecule has 0 fully saturated rings. The van der Waals surface area contributed by atoms with Crippen LogP contribution in [0.4, 0.5) is 17.1 Å². The van der Waals surface area contributed by atoms with Crippen molar-refractivity contribution in [3.8, 4) is 55.6 Å². The minimum absolute atomic E-state index is 0.0635. The monoisotopic (exact) mass is 755 g/mol. The van der Waals surface area contributed by atoms with Crippen LogP contribution in [0.3, 0.4) is 0 Å². The molecule has 0 heterocycles. The fraction of sp³-hybridized carbons (Fsp3) is 0.103. The molecule has 0 spiro atoms. The number of hydrogen-bond donors (Lipinski definition) is 0. The normalized spacial score (nSPS) is 14.0. The number of rotatable bonds is 6. The average Bonchev–Trinajstić information content (AvgIpc) is 3.67. The number of nitrogens with zero attached hydrogens (tertiary/aromatic N) is 1. The Morgan fingerprint density at radius 3 is 1.49 bits per heavy atom. The summed E-state index contributed by atoms with van der Waals surface area (Å²) in [4.78, 5) is 2.49. The molecule has 1 nitrogen and oxygen atoms in total. The average molecular weight is 756 g/mol. The SMILES string of the molecule is CC1(C)c2ccccc2-c2ccc(-c3ccc4c(c3)-c3c(N(c5ccc(-c6ccccc6)cc5)c5ccc(-c6ccccc6)cc5)cc5ccccc5c3C4(C)C)cc21. The van der Waals surface area contributed by atoms with Crippen LogP contribution >= 0.6 is 0 Å². The van der Waals surface area contributed by atoms with E-state index in [2.05, 4.69) is 233 Å². The smallest absolute Gasteiger partial charge is 0.0549 e. The molecule has 0 atom stereocenters. The van der Waals surface area contributed by atoms with Gasteiger partial charge >= 0.3 is 0 Å². The molecular weight excluding hydrogens is 711 g/mol. The highest BCUT2D eigenvalue weighted by Crippen LogP contribution is 2.58. The number of fused-ring (bicyclic) bond motifs is 8. The summed E-state index contributed by atoms with van der Waals surface area (Å²) in [5.74, 6) is 0. The summed E-state index contributed by atoms with van der Waals surface area (Å²) in [5.41, 5.74) is 21.3. The zero-order valence-electron chi connectivity index (χ0n) is 34.0. The van der Waals surface area contributed by atoms with Gasteiger partial charge in [-0.3, -0.25) is 0 Å².